The Morgan fingerprint density at radius 1 is 0.632 bits per heavy atom. The predicted molar refractivity (Wildman–Crippen MR) is 86.7 cm³/mol. The maximum atomic E-state index is 5.33. The van der Waals surface area contributed by atoms with Gasteiger partial charge in [-0.2, -0.15) is 0 Å². The quantitative estimate of drug-likeness (QED) is 0.251. The third-order valence-electron chi connectivity index (χ3n) is 3.50. The van der Waals surface area contributed by atoms with Gasteiger partial charge in [0, 0.05) is 13.2 Å². The van der Waals surface area contributed by atoms with E-state index in [1.807, 2.05) is 0 Å². The lowest BCUT2D eigenvalue weighted by Crippen LogP contribution is -1.92. The van der Waals surface area contributed by atoms with E-state index in [-0.39, 0.29) is 0 Å². The first-order chi connectivity index (χ1) is 9.41. The van der Waals surface area contributed by atoms with Gasteiger partial charge in [-0.25, -0.2) is 0 Å². The molecule has 0 saturated heterocycles. The fraction of sp³-hybridized carbons (Fsp3) is 0.889. The van der Waals surface area contributed by atoms with Crippen molar-refractivity contribution >= 4 is 0 Å². The van der Waals surface area contributed by atoms with Crippen molar-refractivity contribution in [1.82, 2.24) is 0 Å². The van der Waals surface area contributed by atoms with Gasteiger partial charge in [-0.15, -0.1) is 0 Å². The molecule has 0 unspecified atom stereocenters. The first-order valence-electron chi connectivity index (χ1n) is 8.64. The van der Waals surface area contributed by atoms with Crippen LogP contribution >= 0.6 is 0 Å². The van der Waals surface area contributed by atoms with Gasteiger partial charge in [-0.05, 0) is 39.0 Å². The van der Waals surface area contributed by atoms with Crippen molar-refractivity contribution in [2.75, 3.05) is 13.2 Å². The van der Waals surface area contributed by atoms with E-state index in [2.05, 4.69) is 26.0 Å². The summed E-state index contributed by atoms with van der Waals surface area (Å²) in [4.78, 5) is 0. The van der Waals surface area contributed by atoms with Crippen LogP contribution in [0.2, 0.25) is 0 Å². The van der Waals surface area contributed by atoms with Crippen molar-refractivity contribution in [3.63, 3.8) is 0 Å². The lowest BCUT2D eigenvalue weighted by Gasteiger charge is -2.01. The molecule has 0 bridgehead atoms. The molecule has 0 aliphatic carbocycles. The van der Waals surface area contributed by atoms with Crippen molar-refractivity contribution in [2.45, 2.75) is 90.9 Å². The third kappa shape index (κ3) is 17.7. The van der Waals surface area contributed by atoms with E-state index in [0.717, 1.165) is 13.2 Å². The van der Waals surface area contributed by atoms with Crippen LogP contribution in [0.1, 0.15) is 90.9 Å². The highest BCUT2D eigenvalue weighted by molar-refractivity contribution is 4.81. The van der Waals surface area contributed by atoms with Crippen molar-refractivity contribution in [2.24, 2.45) is 0 Å². The first kappa shape index (κ1) is 18.7. The molecule has 1 heteroatoms. The highest BCUT2D eigenvalue weighted by Crippen LogP contribution is 2.08. The summed E-state index contributed by atoms with van der Waals surface area (Å²) in [5, 5.41) is 0. The fourth-order valence-electron chi connectivity index (χ4n) is 2.24. The SMILES string of the molecule is CCCCCC/C=C\CCCCCCCCOCC. The van der Waals surface area contributed by atoms with Crippen LogP contribution < -0.4 is 0 Å². The number of hydrogen-bond donors (Lipinski definition) is 0. The zero-order valence-corrected chi connectivity index (χ0v) is 13.5. The standard InChI is InChI=1S/C18H36O/c1-3-5-6-7-8-9-10-11-12-13-14-15-16-17-18-19-4-2/h9-10H,3-8,11-18H2,1-2H3/b10-9-. The number of hydrogen-bond acceptors (Lipinski definition) is 1. The molecule has 0 fully saturated rings. The van der Waals surface area contributed by atoms with Crippen LogP contribution in [0.3, 0.4) is 0 Å². The molecule has 0 aromatic carbocycles. The van der Waals surface area contributed by atoms with Gasteiger partial charge >= 0.3 is 0 Å². The average molecular weight is 268 g/mol. The topological polar surface area (TPSA) is 9.23 Å². The first-order valence-corrected chi connectivity index (χ1v) is 8.64. The average Bonchev–Trinajstić information content (AvgIpc) is 2.43. The zero-order valence-electron chi connectivity index (χ0n) is 13.5. The van der Waals surface area contributed by atoms with E-state index < -0.39 is 0 Å². The lowest BCUT2D eigenvalue weighted by atomic mass is 10.1. The number of unbranched alkanes of at least 4 members (excludes halogenated alkanes) is 10. The Labute approximate surface area is 121 Å². The molecule has 0 heterocycles. The monoisotopic (exact) mass is 268 g/mol. The summed E-state index contributed by atoms with van der Waals surface area (Å²) >= 11 is 0. The zero-order chi connectivity index (χ0) is 14.0. The Morgan fingerprint density at radius 3 is 1.74 bits per heavy atom. The number of rotatable bonds is 15. The highest BCUT2D eigenvalue weighted by atomic mass is 16.5. The summed E-state index contributed by atoms with van der Waals surface area (Å²) in [6, 6.07) is 0. The second-order valence-electron chi connectivity index (χ2n) is 5.43. The maximum Gasteiger partial charge on any atom is 0.0465 e. The van der Waals surface area contributed by atoms with Crippen molar-refractivity contribution < 1.29 is 4.74 Å². The van der Waals surface area contributed by atoms with Gasteiger partial charge in [0.25, 0.3) is 0 Å². The van der Waals surface area contributed by atoms with E-state index in [9.17, 15) is 0 Å². The molecule has 0 aliphatic rings. The molecule has 0 rings (SSSR count). The molecule has 0 aromatic heterocycles. The third-order valence-corrected chi connectivity index (χ3v) is 3.50. The van der Waals surface area contributed by atoms with Crippen molar-refractivity contribution in [1.29, 1.82) is 0 Å². The Balaban J connectivity index is 2.99. The Kier molecular flexibility index (Phi) is 17.4. The molecule has 0 atom stereocenters. The molecular formula is C18H36O. The summed E-state index contributed by atoms with van der Waals surface area (Å²) in [6.07, 6.45) is 21.0. The molecule has 0 saturated carbocycles. The van der Waals surface area contributed by atoms with Gasteiger partial charge in [0.05, 0.1) is 0 Å². The van der Waals surface area contributed by atoms with Gasteiger partial charge in [-0.1, -0.05) is 64.0 Å². The van der Waals surface area contributed by atoms with Crippen LogP contribution in [-0.4, -0.2) is 13.2 Å². The molecule has 1 nitrogen and oxygen atoms in total. The van der Waals surface area contributed by atoms with Crippen LogP contribution in [0, 0.1) is 0 Å². The summed E-state index contributed by atoms with van der Waals surface area (Å²) in [7, 11) is 0. The molecule has 114 valence electrons. The van der Waals surface area contributed by atoms with E-state index in [0.29, 0.717) is 0 Å². The smallest absolute Gasteiger partial charge is 0.0465 e. The Bertz CT molecular complexity index is 175. The van der Waals surface area contributed by atoms with E-state index in [4.69, 9.17) is 4.74 Å². The molecule has 0 spiro atoms. The second kappa shape index (κ2) is 17.7. The summed E-state index contributed by atoms with van der Waals surface area (Å²) < 4.78 is 5.33. The summed E-state index contributed by atoms with van der Waals surface area (Å²) in [5.74, 6) is 0. The van der Waals surface area contributed by atoms with Crippen molar-refractivity contribution in [3.05, 3.63) is 12.2 Å². The van der Waals surface area contributed by atoms with Crippen LogP contribution in [0.5, 0.6) is 0 Å². The minimum Gasteiger partial charge on any atom is -0.382 e. The maximum absolute atomic E-state index is 5.33. The predicted octanol–water partition coefficient (Wildman–Crippen LogP) is 6.28. The van der Waals surface area contributed by atoms with Crippen LogP contribution in [0.25, 0.3) is 0 Å². The normalized spacial score (nSPS) is 11.5. The second-order valence-corrected chi connectivity index (χ2v) is 5.43. The largest absolute Gasteiger partial charge is 0.382 e. The molecule has 0 aliphatic heterocycles. The van der Waals surface area contributed by atoms with E-state index >= 15 is 0 Å². The molecular weight excluding hydrogens is 232 g/mol. The Hall–Kier alpha value is -0.300. The number of allylic oxidation sites excluding steroid dienone is 2. The van der Waals surface area contributed by atoms with Crippen LogP contribution in [-0.2, 0) is 4.74 Å². The summed E-state index contributed by atoms with van der Waals surface area (Å²) in [5.41, 5.74) is 0. The van der Waals surface area contributed by atoms with Gasteiger partial charge in [0.1, 0.15) is 0 Å². The molecule has 0 radical (unpaired) electrons. The minimum absolute atomic E-state index is 0.866. The lowest BCUT2D eigenvalue weighted by molar-refractivity contribution is 0.143. The summed E-state index contributed by atoms with van der Waals surface area (Å²) in [6.45, 7) is 6.16. The molecule has 19 heavy (non-hydrogen) atoms. The minimum atomic E-state index is 0.866. The van der Waals surface area contributed by atoms with E-state index in [1.165, 1.54) is 77.0 Å². The highest BCUT2D eigenvalue weighted by Gasteiger charge is 1.91. The number of ether oxygens (including phenoxy) is 1. The van der Waals surface area contributed by atoms with Gasteiger partial charge in [0.2, 0.25) is 0 Å². The molecule has 0 amide bonds. The Morgan fingerprint density at radius 2 is 1.16 bits per heavy atom. The van der Waals surface area contributed by atoms with Gasteiger partial charge < -0.3 is 4.74 Å². The fourth-order valence-corrected chi connectivity index (χ4v) is 2.24. The van der Waals surface area contributed by atoms with Crippen LogP contribution in [0.15, 0.2) is 12.2 Å². The molecule has 0 N–H and O–H groups in total. The molecule has 0 aromatic rings. The van der Waals surface area contributed by atoms with Gasteiger partial charge in [0.15, 0.2) is 0 Å². The van der Waals surface area contributed by atoms with Gasteiger partial charge in [-0.3, -0.25) is 0 Å². The van der Waals surface area contributed by atoms with Crippen LogP contribution in [0.4, 0.5) is 0 Å². The van der Waals surface area contributed by atoms with E-state index in [1.54, 1.807) is 0 Å². The van der Waals surface area contributed by atoms with Crippen molar-refractivity contribution in [3.8, 4) is 0 Å².